The number of anilines is 1. The molecule has 0 aliphatic rings. The maximum absolute atomic E-state index is 5.52. The third-order valence-electron chi connectivity index (χ3n) is 2.03. The van der Waals surface area contributed by atoms with Crippen LogP contribution in [0.3, 0.4) is 0 Å². The van der Waals surface area contributed by atoms with E-state index in [1.165, 1.54) is 8.66 Å². The highest BCUT2D eigenvalue weighted by molar-refractivity contribution is 9.11. The Bertz CT molecular complexity index is 452. The van der Waals surface area contributed by atoms with Crippen LogP contribution >= 0.6 is 38.6 Å². The van der Waals surface area contributed by atoms with Gasteiger partial charge in [-0.25, -0.2) is 4.98 Å². The molecule has 0 aliphatic heterocycles. The third kappa shape index (κ3) is 3.28. The molecule has 0 spiro atoms. The molecule has 0 amide bonds. The molecule has 0 bridgehead atoms. The third-order valence-corrected chi connectivity index (χ3v) is 4.69. The summed E-state index contributed by atoms with van der Waals surface area (Å²) in [6.07, 6.45) is 2.85. The zero-order valence-corrected chi connectivity index (χ0v) is 11.8. The molecule has 0 saturated carbocycles. The van der Waals surface area contributed by atoms with Crippen molar-refractivity contribution in [2.75, 3.05) is 11.9 Å². The number of thiophene rings is 1. The number of halogens is 1. The van der Waals surface area contributed by atoms with Crippen molar-refractivity contribution < 1.29 is 0 Å². The van der Waals surface area contributed by atoms with E-state index in [-0.39, 0.29) is 0 Å². The Labute approximate surface area is 111 Å². The van der Waals surface area contributed by atoms with Gasteiger partial charge in [0.25, 0.3) is 0 Å². The van der Waals surface area contributed by atoms with Crippen molar-refractivity contribution in [1.82, 2.24) is 4.98 Å². The predicted molar refractivity (Wildman–Crippen MR) is 74.2 cm³/mol. The van der Waals surface area contributed by atoms with E-state index in [0.717, 1.165) is 23.0 Å². The van der Waals surface area contributed by atoms with Gasteiger partial charge in [-0.2, -0.15) is 0 Å². The Balaban J connectivity index is 1.79. The quantitative estimate of drug-likeness (QED) is 0.891. The number of thiazole rings is 1. The second-order valence-electron chi connectivity index (χ2n) is 3.22. The topological polar surface area (TPSA) is 50.9 Å². The van der Waals surface area contributed by atoms with Crippen molar-refractivity contribution in [2.45, 2.75) is 13.0 Å². The smallest absolute Gasteiger partial charge is 0.182 e. The summed E-state index contributed by atoms with van der Waals surface area (Å²) < 4.78 is 1.18. The van der Waals surface area contributed by atoms with Gasteiger partial charge >= 0.3 is 0 Å². The molecule has 0 aliphatic carbocycles. The van der Waals surface area contributed by atoms with Crippen LogP contribution in [-0.2, 0) is 13.0 Å². The standard InChI is InChI=1S/C10H12BrN3S2/c11-9-2-1-7(15-9)3-4-13-10-14-6-8(5-12)16-10/h1-2,6H,3-5,12H2,(H,13,14). The molecule has 16 heavy (non-hydrogen) atoms. The Morgan fingerprint density at radius 2 is 2.19 bits per heavy atom. The molecule has 0 unspecified atom stereocenters. The van der Waals surface area contributed by atoms with E-state index in [0.29, 0.717) is 6.54 Å². The predicted octanol–water partition coefficient (Wildman–Crippen LogP) is 3.08. The molecule has 6 heteroatoms. The largest absolute Gasteiger partial charge is 0.361 e. The van der Waals surface area contributed by atoms with Crippen LogP contribution < -0.4 is 11.1 Å². The van der Waals surface area contributed by atoms with Gasteiger partial charge in [0, 0.05) is 29.0 Å². The summed E-state index contributed by atoms with van der Waals surface area (Å²) in [7, 11) is 0. The summed E-state index contributed by atoms with van der Waals surface area (Å²) in [6, 6.07) is 4.22. The van der Waals surface area contributed by atoms with Gasteiger partial charge in [-0.05, 0) is 34.5 Å². The van der Waals surface area contributed by atoms with Gasteiger partial charge < -0.3 is 11.1 Å². The number of nitrogens with zero attached hydrogens (tertiary/aromatic N) is 1. The summed E-state index contributed by atoms with van der Waals surface area (Å²) in [5, 5.41) is 4.26. The lowest BCUT2D eigenvalue weighted by Crippen LogP contribution is -2.03. The SMILES string of the molecule is NCc1cnc(NCCc2ccc(Br)s2)s1. The molecule has 0 fully saturated rings. The summed E-state index contributed by atoms with van der Waals surface area (Å²) in [5.74, 6) is 0. The van der Waals surface area contributed by atoms with E-state index in [1.54, 1.807) is 22.7 Å². The minimum absolute atomic E-state index is 0.567. The summed E-state index contributed by atoms with van der Waals surface area (Å²) >= 11 is 6.85. The maximum Gasteiger partial charge on any atom is 0.182 e. The normalized spacial score (nSPS) is 10.6. The molecule has 3 nitrogen and oxygen atoms in total. The summed E-state index contributed by atoms with van der Waals surface area (Å²) in [4.78, 5) is 6.73. The first kappa shape index (κ1) is 12.0. The van der Waals surface area contributed by atoms with E-state index >= 15 is 0 Å². The molecule has 3 N–H and O–H groups in total. The van der Waals surface area contributed by atoms with E-state index in [9.17, 15) is 0 Å². The Kier molecular flexibility index (Phi) is 4.34. The molecule has 2 aromatic heterocycles. The summed E-state index contributed by atoms with van der Waals surface area (Å²) in [5.41, 5.74) is 5.52. The minimum atomic E-state index is 0.567. The molecular formula is C10H12BrN3S2. The van der Waals surface area contributed by atoms with Gasteiger partial charge in [0.05, 0.1) is 3.79 Å². The highest BCUT2D eigenvalue weighted by Crippen LogP contribution is 2.23. The van der Waals surface area contributed by atoms with E-state index < -0.39 is 0 Å². The fourth-order valence-corrected chi connectivity index (χ4v) is 3.46. The van der Waals surface area contributed by atoms with Crippen LogP contribution in [0.5, 0.6) is 0 Å². The minimum Gasteiger partial charge on any atom is -0.361 e. The fourth-order valence-electron chi connectivity index (χ4n) is 1.26. The molecule has 2 aromatic rings. The van der Waals surface area contributed by atoms with Gasteiger partial charge in [0.1, 0.15) is 0 Å². The molecule has 0 atom stereocenters. The molecule has 0 aromatic carbocycles. The zero-order chi connectivity index (χ0) is 11.4. The first-order chi connectivity index (χ1) is 7.78. The molecular weight excluding hydrogens is 306 g/mol. The van der Waals surface area contributed by atoms with Crippen molar-refractivity contribution >= 4 is 43.7 Å². The first-order valence-electron chi connectivity index (χ1n) is 4.91. The number of aromatic nitrogens is 1. The van der Waals surface area contributed by atoms with Crippen LogP contribution in [0, 0.1) is 0 Å². The second kappa shape index (κ2) is 5.77. The van der Waals surface area contributed by atoms with Gasteiger partial charge in [-0.1, -0.05) is 0 Å². The van der Waals surface area contributed by atoms with Crippen LogP contribution in [0.1, 0.15) is 9.75 Å². The van der Waals surface area contributed by atoms with Crippen molar-refractivity contribution in [3.63, 3.8) is 0 Å². The number of hydrogen-bond acceptors (Lipinski definition) is 5. The van der Waals surface area contributed by atoms with E-state index in [2.05, 4.69) is 38.4 Å². The van der Waals surface area contributed by atoms with Crippen LogP contribution in [0.25, 0.3) is 0 Å². The van der Waals surface area contributed by atoms with Gasteiger partial charge in [-0.3, -0.25) is 0 Å². The van der Waals surface area contributed by atoms with Crippen molar-refractivity contribution in [3.05, 3.63) is 31.9 Å². The average Bonchev–Trinajstić information content (AvgIpc) is 2.88. The lowest BCUT2D eigenvalue weighted by molar-refractivity contribution is 1.04. The Morgan fingerprint density at radius 1 is 1.31 bits per heavy atom. The number of nitrogens with two attached hydrogens (primary N) is 1. The molecule has 2 rings (SSSR count). The van der Waals surface area contributed by atoms with E-state index in [1.807, 2.05) is 6.20 Å². The number of rotatable bonds is 5. The Hall–Kier alpha value is -0.430. The molecule has 0 saturated heterocycles. The van der Waals surface area contributed by atoms with Gasteiger partial charge in [-0.15, -0.1) is 22.7 Å². The second-order valence-corrected chi connectivity index (χ2v) is 6.88. The highest BCUT2D eigenvalue weighted by atomic mass is 79.9. The molecule has 86 valence electrons. The Morgan fingerprint density at radius 3 is 2.81 bits per heavy atom. The van der Waals surface area contributed by atoms with Crippen molar-refractivity contribution in [3.8, 4) is 0 Å². The highest BCUT2D eigenvalue weighted by Gasteiger charge is 2.01. The molecule has 2 heterocycles. The fraction of sp³-hybridized carbons (Fsp3) is 0.300. The van der Waals surface area contributed by atoms with E-state index in [4.69, 9.17) is 5.73 Å². The van der Waals surface area contributed by atoms with Gasteiger partial charge in [0.15, 0.2) is 5.13 Å². The van der Waals surface area contributed by atoms with Crippen molar-refractivity contribution in [2.24, 2.45) is 5.73 Å². The molecule has 0 radical (unpaired) electrons. The van der Waals surface area contributed by atoms with Crippen LogP contribution in [0.15, 0.2) is 22.1 Å². The lowest BCUT2D eigenvalue weighted by atomic mass is 10.3. The average molecular weight is 318 g/mol. The van der Waals surface area contributed by atoms with Crippen LogP contribution in [0.4, 0.5) is 5.13 Å². The number of hydrogen-bond donors (Lipinski definition) is 2. The van der Waals surface area contributed by atoms with Crippen LogP contribution in [0.2, 0.25) is 0 Å². The van der Waals surface area contributed by atoms with Crippen LogP contribution in [-0.4, -0.2) is 11.5 Å². The maximum atomic E-state index is 5.52. The number of nitrogens with one attached hydrogen (secondary N) is 1. The lowest BCUT2D eigenvalue weighted by Gasteiger charge is -1.99. The zero-order valence-electron chi connectivity index (χ0n) is 8.57. The van der Waals surface area contributed by atoms with Crippen molar-refractivity contribution in [1.29, 1.82) is 0 Å². The monoisotopic (exact) mass is 317 g/mol. The first-order valence-corrected chi connectivity index (χ1v) is 7.33. The summed E-state index contributed by atoms with van der Waals surface area (Å²) in [6.45, 7) is 1.47. The van der Waals surface area contributed by atoms with Gasteiger partial charge in [0.2, 0.25) is 0 Å².